The van der Waals surface area contributed by atoms with Gasteiger partial charge < -0.3 is 0 Å². The van der Waals surface area contributed by atoms with Crippen molar-refractivity contribution in [2.24, 2.45) is 15.9 Å². The van der Waals surface area contributed by atoms with Crippen molar-refractivity contribution in [1.29, 1.82) is 0 Å². The first-order valence-corrected chi connectivity index (χ1v) is 17.8. The summed E-state index contributed by atoms with van der Waals surface area (Å²) in [6.07, 6.45) is 0.992. The molecule has 0 spiro atoms. The highest BCUT2D eigenvalue weighted by Crippen LogP contribution is 2.50. The van der Waals surface area contributed by atoms with Gasteiger partial charge in [0.1, 0.15) is 0 Å². The van der Waals surface area contributed by atoms with Crippen molar-refractivity contribution in [3.8, 4) is 22.3 Å². The van der Waals surface area contributed by atoms with E-state index < -0.39 is 0 Å². The predicted molar refractivity (Wildman–Crippen MR) is 208 cm³/mol. The van der Waals surface area contributed by atoms with Gasteiger partial charge in [0.05, 0.1) is 12.3 Å². The van der Waals surface area contributed by atoms with E-state index in [0.29, 0.717) is 6.54 Å². The number of amidine groups is 1. The van der Waals surface area contributed by atoms with Crippen LogP contribution in [-0.2, 0) is 17.4 Å². The fourth-order valence-corrected chi connectivity index (χ4v) is 8.17. The van der Waals surface area contributed by atoms with Gasteiger partial charge in [0.25, 0.3) is 0 Å². The highest BCUT2D eigenvalue weighted by molar-refractivity contribution is 6.14. The molecule has 1 atom stereocenters. The topological polar surface area (TPSA) is 24.7 Å². The minimum absolute atomic E-state index is 0.0486. The zero-order valence-electron chi connectivity index (χ0n) is 29.5. The molecule has 0 aromatic heterocycles. The van der Waals surface area contributed by atoms with Crippen molar-refractivity contribution in [3.05, 3.63) is 166 Å². The highest BCUT2D eigenvalue weighted by Gasteiger charge is 2.36. The molecule has 49 heavy (non-hydrogen) atoms. The monoisotopic (exact) mass is 636 g/mol. The first-order valence-electron chi connectivity index (χ1n) is 17.8. The van der Waals surface area contributed by atoms with Gasteiger partial charge in [-0.15, -0.1) is 0 Å². The van der Waals surface area contributed by atoms with E-state index in [9.17, 15) is 0 Å². The molecule has 8 rings (SSSR count). The summed E-state index contributed by atoms with van der Waals surface area (Å²) in [7, 11) is 0. The third-order valence-electron chi connectivity index (χ3n) is 11.3. The molecule has 2 aliphatic rings. The van der Waals surface area contributed by atoms with Crippen molar-refractivity contribution in [3.63, 3.8) is 0 Å². The number of nitrogens with zero attached hydrogens (tertiary/aromatic N) is 2. The molecule has 0 saturated heterocycles. The van der Waals surface area contributed by atoms with E-state index >= 15 is 0 Å². The summed E-state index contributed by atoms with van der Waals surface area (Å²) >= 11 is 0. The van der Waals surface area contributed by atoms with Crippen LogP contribution in [0.3, 0.4) is 0 Å². The molecule has 0 fully saturated rings. The van der Waals surface area contributed by atoms with E-state index in [-0.39, 0.29) is 16.7 Å². The molecule has 0 bridgehead atoms. The molecule has 2 nitrogen and oxygen atoms in total. The van der Waals surface area contributed by atoms with Gasteiger partial charge in [-0.25, -0.2) is 4.99 Å². The SMILES string of the molecule is CCC(C)/C(=N\C(=N/Cc1ccc2c(c1)C(C)(C)c1ccccc1-2)c1ccc2c(c1)C(C)(C)c1ccccc1-2)c1ccc2ccccc2c1. The molecule has 0 saturated carbocycles. The number of hydrogen-bond acceptors (Lipinski definition) is 1. The van der Waals surface area contributed by atoms with Crippen molar-refractivity contribution in [1.82, 2.24) is 0 Å². The summed E-state index contributed by atoms with van der Waals surface area (Å²) in [6, 6.07) is 46.8. The highest BCUT2D eigenvalue weighted by atomic mass is 14.9. The van der Waals surface area contributed by atoms with E-state index in [1.807, 2.05) is 0 Å². The van der Waals surface area contributed by atoms with Gasteiger partial charge in [0.2, 0.25) is 0 Å². The number of fused-ring (bicyclic) bond motifs is 7. The molecule has 1 unspecified atom stereocenters. The van der Waals surface area contributed by atoms with Gasteiger partial charge in [0, 0.05) is 16.4 Å². The van der Waals surface area contributed by atoms with E-state index in [4.69, 9.17) is 9.98 Å². The van der Waals surface area contributed by atoms with Crippen LogP contribution in [0, 0.1) is 5.92 Å². The van der Waals surface area contributed by atoms with Crippen LogP contribution in [0.4, 0.5) is 0 Å². The fraction of sp³-hybridized carbons (Fsp3) is 0.234. The van der Waals surface area contributed by atoms with E-state index in [0.717, 1.165) is 29.1 Å². The van der Waals surface area contributed by atoms with Gasteiger partial charge in [-0.3, -0.25) is 4.99 Å². The Hall–Kier alpha value is -5.08. The van der Waals surface area contributed by atoms with Crippen LogP contribution in [0.1, 0.15) is 86.9 Å². The van der Waals surface area contributed by atoms with Gasteiger partial charge in [-0.05, 0) is 90.9 Å². The minimum Gasteiger partial charge on any atom is -0.261 e. The van der Waals surface area contributed by atoms with E-state index in [1.54, 1.807) is 0 Å². The molecule has 2 aliphatic carbocycles. The molecular weight excluding hydrogens is 593 g/mol. The van der Waals surface area contributed by atoms with Crippen LogP contribution in [-0.4, -0.2) is 11.5 Å². The lowest BCUT2D eigenvalue weighted by atomic mass is 9.82. The number of aliphatic imine (C=N–C) groups is 2. The largest absolute Gasteiger partial charge is 0.261 e. The summed E-state index contributed by atoms with van der Waals surface area (Å²) in [4.78, 5) is 10.9. The summed E-state index contributed by atoms with van der Waals surface area (Å²) in [6.45, 7) is 14.5. The Labute approximate surface area is 291 Å². The van der Waals surface area contributed by atoms with Gasteiger partial charge in [-0.2, -0.15) is 0 Å². The lowest BCUT2D eigenvalue weighted by molar-refractivity contribution is 0.659. The molecule has 0 N–H and O–H groups in total. The Bertz CT molecular complexity index is 2320. The average Bonchev–Trinajstić information content (AvgIpc) is 3.50. The second kappa shape index (κ2) is 11.8. The number of hydrogen-bond donors (Lipinski definition) is 0. The zero-order chi connectivity index (χ0) is 33.9. The minimum atomic E-state index is -0.102. The summed E-state index contributed by atoms with van der Waals surface area (Å²) < 4.78 is 0. The van der Waals surface area contributed by atoms with Gasteiger partial charge >= 0.3 is 0 Å². The van der Waals surface area contributed by atoms with Gasteiger partial charge in [-0.1, -0.05) is 157 Å². The third-order valence-corrected chi connectivity index (χ3v) is 11.3. The fourth-order valence-electron chi connectivity index (χ4n) is 8.17. The Kier molecular flexibility index (Phi) is 7.52. The lowest BCUT2D eigenvalue weighted by Gasteiger charge is -2.22. The number of rotatable bonds is 6. The first-order chi connectivity index (χ1) is 23.7. The lowest BCUT2D eigenvalue weighted by Crippen LogP contribution is -2.17. The zero-order valence-corrected chi connectivity index (χ0v) is 29.5. The second-order valence-corrected chi connectivity index (χ2v) is 15.0. The van der Waals surface area contributed by atoms with Crippen LogP contribution in [0.5, 0.6) is 0 Å². The van der Waals surface area contributed by atoms with Crippen LogP contribution in [0.15, 0.2) is 137 Å². The third kappa shape index (κ3) is 5.17. The molecule has 242 valence electrons. The standard InChI is InChI=1S/C47H44N2/c1-7-30(2)44(34-22-21-32-14-8-9-15-33(32)27-34)49-45(35-23-25-39-37-17-11-13-19-41(37)47(5,6)43(39)28-35)48-29-31-20-24-38-36-16-10-12-18-40(36)46(3,4)42(38)26-31/h8-28,30H,7,29H2,1-6H3/b48-45-,49-44+. The van der Waals surface area contributed by atoms with Crippen LogP contribution >= 0.6 is 0 Å². The van der Waals surface area contributed by atoms with Crippen LogP contribution in [0.2, 0.25) is 0 Å². The molecule has 0 aliphatic heterocycles. The summed E-state index contributed by atoms with van der Waals surface area (Å²) in [5.74, 6) is 1.06. The molecule has 6 aromatic carbocycles. The maximum absolute atomic E-state index is 5.53. The van der Waals surface area contributed by atoms with E-state index in [2.05, 4.69) is 169 Å². The van der Waals surface area contributed by atoms with E-state index in [1.165, 1.54) is 60.8 Å². The Morgan fingerprint density at radius 2 is 1.10 bits per heavy atom. The maximum Gasteiger partial charge on any atom is 0.155 e. The molecule has 2 heteroatoms. The van der Waals surface area contributed by atoms with Gasteiger partial charge in [0.15, 0.2) is 5.84 Å². The van der Waals surface area contributed by atoms with Crippen molar-refractivity contribution in [2.45, 2.75) is 65.3 Å². The predicted octanol–water partition coefficient (Wildman–Crippen LogP) is 11.9. The molecule has 0 radical (unpaired) electrons. The Morgan fingerprint density at radius 1 is 0.551 bits per heavy atom. The van der Waals surface area contributed by atoms with Crippen LogP contribution in [0.25, 0.3) is 33.0 Å². The number of benzene rings is 6. The van der Waals surface area contributed by atoms with Crippen LogP contribution < -0.4 is 0 Å². The van der Waals surface area contributed by atoms with Crippen molar-refractivity contribution >= 4 is 22.3 Å². The van der Waals surface area contributed by atoms with Crippen molar-refractivity contribution < 1.29 is 0 Å². The molecule has 6 aromatic rings. The quantitative estimate of drug-likeness (QED) is 0.128. The summed E-state index contributed by atoms with van der Waals surface area (Å²) in [5.41, 5.74) is 15.2. The normalized spacial score (nSPS) is 16.2. The Morgan fingerprint density at radius 3 is 1.78 bits per heavy atom. The van der Waals surface area contributed by atoms with Crippen molar-refractivity contribution in [2.75, 3.05) is 0 Å². The first kappa shape index (κ1) is 31.2. The molecular formula is C47H44N2. The summed E-state index contributed by atoms with van der Waals surface area (Å²) in [5, 5.41) is 2.47. The average molecular weight is 637 g/mol. The smallest absolute Gasteiger partial charge is 0.155 e. The second-order valence-electron chi connectivity index (χ2n) is 15.0. The Balaban J connectivity index is 1.26. The maximum atomic E-state index is 5.53. The molecule has 0 amide bonds. The molecule has 0 heterocycles.